The number of nitrogens with zero attached hydrogens (tertiary/aromatic N) is 1. The van der Waals surface area contributed by atoms with Gasteiger partial charge in [0.1, 0.15) is 17.7 Å². The van der Waals surface area contributed by atoms with Crippen molar-refractivity contribution in [3.05, 3.63) is 70.6 Å². The summed E-state index contributed by atoms with van der Waals surface area (Å²) in [5.74, 6) is -0.275. The molecule has 3 aromatic rings. The Morgan fingerprint density at radius 3 is 2.79 bits per heavy atom. The van der Waals surface area contributed by atoms with Gasteiger partial charge in [-0.3, -0.25) is 4.79 Å². The Bertz CT molecular complexity index is 1220. The Morgan fingerprint density at radius 2 is 2.03 bits per heavy atom. The highest BCUT2D eigenvalue weighted by molar-refractivity contribution is 7.99. The zero-order valence-corrected chi connectivity index (χ0v) is 18.9. The molecule has 4 rings (SSSR count). The molecule has 1 fully saturated rings. The van der Waals surface area contributed by atoms with Crippen molar-refractivity contribution in [3.63, 3.8) is 0 Å². The van der Waals surface area contributed by atoms with Gasteiger partial charge in [0.25, 0.3) is 5.91 Å². The number of thioether (sulfide) groups is 1. The minimum atomic E-state index is -0.653. The van der Waals surface area contributed by atoms with E-state index in [4.69, 9.17) is 9.15 Å². The van der Waals surface area contributed by atoms with Gasteiger partial charge in [-0.25, -0.2) is 4.79 Å². The van der Waals surface area contributed by atoms with E-state index in [-0.39, 0.29) is 5.91 Å². The number of hydrogen-bond donors (Lipinski definition) is 2. The molecule has 2 aromatic carbocycles. The fourth-order valence-electron chi connectivity index (χ4n) is 3.64. The number of fused-ring (bicyclic) bond motifs is 1. The Hall–Kier alpha value is -3.30. The first-order valence-electron chi connectivity index (χ1n) is 10.6. The lowest BCUT2D eigenvalue weighted by Gasteiger charge is -2.18. The largest absolute Gasteiger partial charge is 0.416 e. The third-order valence-corrected chi connectivity index (χ3v) is 6.46. The molecule has 3 atom stereocenters. The molecular weight excluding hydrogens is 438 g/mol. The fraction of sp³-hybridized carbons (Fsp3) is 0.320. The molecule has 1 amide bonds. The number of nitriles is 1. The molecule has 1 saturated heterocycles. The van der Waals surface area contributed by atoms with Crippen LogP contribution in [0, 0.1) is 23.5 Å². The van der Waals surface area contributed by atoms with Crippen LogP contribution in [-0.2, 0) is 16.0 Å². The van der Waals surface area contributed by atoms with Crippen molar-refractivity contribution in [1.82, 2.24) is 10.6 Å². The molecule has 0 saturated carbocycles. The van der Waals surface area contributed by atoms with Gasteiger partial charge in [-0.15, -0.1) is 0 Å². The number of carbonyl (C=O) groups is 1. The predicted octanol–water partition coefficient (Wildman–Crippen LogP) is 2.33. The van der Waals surface area contributed by atoms with Crippen LogP contribution in [0.5, 0.6) is 0 Å². The summed E-state index contributed by atoms with van der Waals surface area (Å²) in [6.07, 6.45) is 1.80. The molecule has 168 valence electrons. The Balaban J connectivity index is 1.39. The lowest BCUT2D eigenvalue weighted by atomic mass is 10.00. The number of benzene rings is 2. The molecule has 2 heterocycles. The van der Waals surface area contributed by atoms with E-state index in [9.17, 15) is 14.9 Å². The summed E-state index contributed by atoms with van der Waals surface area (Å²) in [6.45, 7) is 1.72. The van der Waals surface area contributed by atoms with E-state index in [1.807, 2.05) is 42.7 Å². The van der Waals surface area contributed by atoms with Gasteiger partial charge in [0.2, 0.25) is 0 Å². The van der Waals surface area contributed by atoms with Gasteiger partial charge in [-0.1, -0.05) is 36.4 Å². The molecule has 2 N–H and O–H groups in total. The molecule has 1 aliphatic heterocycles. The van der Waals surface area contributed by atoms with Crippen LogP contribution < -0.4 is 16.3 Å². The molecule has 0 aliphatic carbocycles. The van der Waals surface area contributed by atoms with Crippen molar-refractivity contribution in [2.24, 2.45) is 0 Å². The zero-order valence-electron chi connectivity index (χ0n) is 18.1. The number of hydrogen-bond acceptors (Lipinski definition) is 7. The molecule has 7 nitrogen and oxygen atoms in total. The van der Waals surface area contributed by atoms with Gasteiger partial charge in [-0.2, -0.15) is 17.0 Å². The third kappa shape index (κ3) is 5.74. The Labute approximate surface area is 196 Å². The normalized spacial score (nSPS) is 19.2. The summed E-state index contributed by atoms with van der Waals surface area (Å²) in [7, 11) is 0. The van der Waals surface area contributed by atoms with E-state index in [2.05, 4.69) is 28.8 Å². The van der Waals surface area contributed by atoms with Crippen LogP contribution in [0.1, 0.15) is 5.56 Å². The molecule has 3 unspecified atom stereocenters. The van der Waals surface area contributed by atoms with Crippen LogP contribution in [-0.4, -0.2) is 49.3 Å². The van der Waals surface area contributed by atoms with E-state index in [1.54, 1.807) is 17.8 Å². The molecule has 1 aromatic heterocycles. The van der Waals surface area contributed by atoms with E-state index in [1.165, 1.54) is 0 Å². The van der Waals surface area contributed by atoms with Gasteiger partial charge in [0.15, 0.2) is 0 Å². The molecule has 33 heavy (non-hydrogen) atoms. The first kappa shape index (κ1) is 22.9. The number of ether oxygens (including phenoxy) is 1. The minimum absolute atomic E-state index is 0.275. The lowest BCUT2D eigenvalue weighted by molar-refractivity contribution is -0.132. The van der Waals surface area contributed by atoms with Crippen LogP contribution in [0.15, 0.2) is 51.7 Å². The zero-order chi connectivity index (χ0) is 23.2. The van der Waals surface area contributed by atoms with Crippen molar-refractivity contribution in [2.75, 3.05) is 26.0 Å². The highest BCUT2D eigenvalue weighted by Crippen LogP contribution is 2.24. The molecular formula is C25H23N3O4S. The average molecular weight is 462 g/mol. The SMILES string of the molecule is CSC1CNCC(C(=O)NC(C#N)Cc2ccc(-c3ccc4oc(=O)c#cc4c3)cc2)OC1. The summed E-state index contributed by atoms with van der Waals surface area (Å²) in [4.78, 5) is 23.9. The van der Waals surface area contributed by atoms with Gasteiger partial charge in [0, 0.05) is 30.8 Å². The van der Waals surface area contributed by atoms with Crippen molar-refractivity contribution in [3.8, 4) is 17.2 Å². The molecule has 0 radical (unpaired) electrons. The first-order chi connectivity index (χ1) is 16.1. The predicted molar refractivity (Wildman–Crippen MR) is 127 cm³/mol. The van der Waals surface area contributed by atoms with Crippen LogP contribution in [0.25, 0.3) is 22.1 Å². The summed E-state index contributed by atoms with van der Waals surface area (Å²) in [6, 6.07) is 20.0. The maximum Gasteiger partial charge on any atom is 0.390 e. The second kappa shape index (κ2) is 10.5. The maximum atomic E-state index is 12.6. The van der Waals surface area contributed by atoms with Crippen molar-refractivity contribution >= 4 is 28.6 Å². The summed E-state index contributed by atoms with van der Waals surface area (Å²) in [5, 5.41) is 16.6. The number of nitrogens with one attached hydrogen (secondary N) is 2. The maximum absolute atomic E-state index is 12.6. The van der Waals surface area contributed by atoms with E-state index < -0.39 is 17.8 Å². The minimum Gasteiger partial charge on any atom is -0.416 e. The van der Waals surface area contributed by atoms with Crippen LogP contribution in [0.3, 0.4) is 0 Å². The van der Waals surface area contributed by atoms with Crippen molar-refractivity contribution in [1.29, 1.82) is 5.26 Å². The Kier molecular flexibility index (Phi) is 7.31. The summed E-state index contributed by atoms with van der Waals surface area (Å²) in [5.41, 5.74) is 2.76. The monoisotopic (exact) mass is 461 g/mol. The van der Waals surface area contributed by atoms with Crippen LogP contribution >= 0.6 is 11.8 Å². The molecule has 0 spiro atoms. The fourth-order valence-corrected chi connectivity index (χ4v) is 4.14. The highest BCUT2D eigenvalue weighted by Gasteiger charge is 2.26. The van der Waals surface area contributed by atoms with Gasteiger partial charge in [0.05, 0.1) is 18.1 Å². The van der Waals surface area contributed by atoms with Gasteiger partial charge in [-0.05, 0) is 35.1 Å². The Morgan fingerprint density at radius 1 is 1.24 bits per heavy atom. The van der Waals surface area contributed by atoms with Crippen LogP contribution in [0.2, 0.25) is 0 Å². The van der Waals surface area contributed by atoms with Crippen molar-refractivity contribution < 1.29 is 13.9 Å². The van der Waals surface area contributed by atoms with E-state index in [0.29, 0.717) is 35.8 Å². The van der Waals surface area contributed by atoms with E-state index >= 15 is 0 Å². The lowest BCUT2D eigenvalue weighted by Crippen LogP contribution is -2.46. The molecule has 1 aliphatic rings. The third-order valence-electron chi connectivity index (χ3n) is 5.49. The number of amides is 1. The van der Waals surface area contributed by atoms with Crippen LogP contribution in [0.4, 0.5) is 0 Å². The van der Waals surface area contributed by atoms with Gasteiger partial charge < -0.3 is 19.8 Å². The average Bonchev–Trinajstić information content (AvgIpc) is 3.09. The summed E-state index contributed by atoms with van der Waals surface area (Å²) >= 11 is 1.70. The number of carbonyl (C=O) groups excluding carboxylic acids is 1. The topological polar surface area (TPSA) is 104 Å². The second-order valence-electron chi connectivity index (χ2n) is 7.78. The molecule has 0 bridgehead atoms. The van der Waals surface area contributed by atoms with E-state index in [0.717, 1.165) is 23.2 Å². The smallest absolute Gasteiger partial charge is 0.390 e. The summed E-state index contributed by atoms with van der Waals surface area (Å²) < 4.78 is 10.8. The molecule has 8 heteroatoms. The first-order valence-corrected chi connectivity index (χ1v) is 11.9. The van der Waals surface area contributed by atoms with Gasteiger partial charge >= 0.3 is 5.63 Å². The standard InChI is InChI=1S/C25H23N3O4S/c1-33-21-13-27-14-23(31-15-21)25(30)28-20(12-26)10-16-2-4-17(5-3-16)18-6-8-22-19(11-18)7-9-24(29)32-22/h2-6,8,11,20-21,23,27H,10,13-15H2,1H3,(H,28,30). The number of rotatable bonds is 6. The van der Waals surface area contributed by atoms with Crippen molar-refractivity contribution in [2.45, 2.75) is 23.8 Å². The highest BCUT2D eigenvalue weighted by atomic mass is 32.2. The quantitative estimate of drug-likeness (QED) is 0.581. The second-order valence-corrected chi connectivity index (χ2v) is 8.92.